The fraction of sp³-hybridized carbons (Fsp3) is 0.0870. The number of amides is 1. The van der Waals surface area contributed by atoms with E-state index in [2.05, 4.69) is 10.5 Å². The van der Waals surface area contributed by atoms with E-state index in [9.17, 15) is 9.59 Å². The summed E-state index contributed by atoms with van der Waals surface area (Å²) in [5.41, 5.74) is 3.47. The molecular weight excluding hydrogens is 510 g/mol. The summed E-state index contributed by atoms with van der Waals surface area (Å²) in [6.45, 7) is 2.13. The highest BCUT2D eigenvalue weighted by Gasteiger charge is 2.16. The Kier molecular flexibility index (Phi) is 8.58. The molecule has 0 unspecified atom stereocenters. The van der Waals surface area contributed by atoms with Crippen LogP contribution < -0.4 is 14.9 Å². The Balaban J connectivity index is 1.72. The molecule has 0 fully saturated rings. The van der Waals surface area contributed by atoms with Crippen LogP contribution in [-0.2, 0) is 0 Å². The molecule has 0 aliphatic rings. The van der Waals surface area contributed by atoms with Gasteiger partial charge in [-0.25, -0.2) is 10.2 Å². The number of nitrogens with one attached hydrogen (secondary N) is 1. The fourth-order valence-corrected chi connectivity index (χ4v) is 3.42. The maximum absolute atomic E-state index is 12.5. The maximum atomic E-state index is 12.5. The van der Waals surface area contributed by atoms with Crippen molar-refractivity contribution in [2.24, 2.45) is 5.10 Å². The lowest BCUT2D eigenvalue weighted by atomic mass is 10.2. The van der Waals surface area contributed by atoms with Crippen LogP contribution in [-0.4, -0.2) is 24.7 Å². The van der Waals surface area contributed by atoms with Crippen LogP contribution in [0.15, 0.2) is 59.7 Å². The average Bonchev–Trinajstić information content (AvgIpc) is 2.77. The first-order chi connectivity index (χ1) is 15.8. The van der Waals surface area contributed by atoms with Gasteiger partial charge in [-0.2, -0.15) is 5.10 Å². The Hall–Kier alpha value is -2.77. The van der Waals surface area contributed by atoms with Crippen molar-refractivity contribution in [3.05, 3.63) is 91.4 Å². The summed E-state index contributed by atoms with van der Waals surface area (Å²) < 4.78 is 11.0. The van der Waals surface area contributed by atoms with E-state index in [1.54, 1.807) is 31.2 Å². The minimum absolute atomic E-state index is 0.166. The van der Waals surface area contributed by atoms with Crippen LogP contribution in [0.25, 0.3) is 0 Å². The molecule has 0 aliphatic carbocycles. The molecular formula is C23H16Cl4N2O4. The van der Waals surface area contributed by atoms with Gasteiger partial charge >= 0.3 is 5.97 Å². The van der Waals surface area contributed by atoms with Crippen molar-refractivity contribution in [1.82, 2.24) is 5.43 Å². The highest BCUT2D eigenvalue weighted by molar-refractivity contribution is 6.42. The van der Waals surface area contributed by atoms with Gasteiger partial charge in [0.05, 0.1) is 33.5 Å². The minimum Gasteiger partial charge on any atom is -0.490 e. The van der Waals surface area contributed by atoms with E-state index < -0.39 is 11.9 Å². The normalized spacial score (nSPS) is 10.8. The Morgan fingerprint density at radius 3 is 2.39 bits per heavy atom. The summed E-state index contributed by atoms with van der Waals surface area (Å²) in [6.07, 6.45) is 1.42. The first kappa shape index (κ1) is 24.9. The molecule has 1 N–H and O–H groups in total. The molecule has 3 aromatic rings. The summed E-state index contributed by atoms with van der Waals surface area (Å²) in [5.74, 6) is -0.603. The fourth-order valence-electron chi connectivity index (χ4n) is 2.63. The van der Waals surface area contributed by atoms with Gasteiger partial charge in [-0.05, 0) is 67.1 Å². The van der Waals surface area contributed by atoms with Crippen molar-refractivity contribution >= 4 is 64.5 Å². The summed E-state index contributed by atoms with van der Waals surface area (Å²) in [4.78, 5) is 24.7. The molecule has 1 amide bonds. The molecule has 6 nitrogen and oxygen atoms in total. The smallest absolute Gasteiger partial charge is 0.345 e. The second-order valence-corrected chi connectivity index (χ2v) is 8.14. The number of benzene rings is 3. The van der Waals surface area contributed by atoms with E-state index in [0.29, 0.717) is 33.5 Å². The number of carbonyl (C=O) groups is 2. The molecule has 0 saturated heterocycles. The van der Waals surface area contributed by atoms with Crippen LogP contribution in [0.1, 0.15) is 33.2 Å². The number of halogens is 4. The monoisotopic (exact) mass is 524 g/mol. The van der Waals surface area contributed by atoms with Crippen molar-refractivity contribution < 1.29 is 19.1 Å². The van der Waals surface area contributed by atoms with Gasteiger partial charge < -0.3 is 9.47 Å². The molecule has 0 bridgehead atoms. The topological polar surface area (TPSA) is 77.0 Å². The highest BCUT2D eigenvalue weighted by atomic mass is 35.5. The average molecular weight is 526 g/mol. The van der Waals surface area contributed by atoms with Crippen LogP contribution in [0.2, 0.25) is 20.1 Å². The van der Waals surface area contributed by atoms with Crippen LogP contribution in [0.3, 0.4) is 0 Å². The molecule has 0 spiro atoms. The molecule has 3 rings (SSSR count). The molecule has 0 radical (unpaired) electrons. The summed E-state index contributed by atoms with van der Waals surface area (Å²) in [5, 5.41) is 5.12. The Morgan fingerprint density at radius 2 is 1.70 bits per heavy atom. The molecule has 3 aromatic carbocycles. The standard InChI is InChI=1S/C23H16Cl4N2O4/c1-2-32-21-9-13(12-28-29-22(30)14-4-7-17(25)19(27)10-14)3-8-20(21)33-23(31)16-6-5-15(24)11-18(16)26/h3-12H,2H2,1H3,(H,29,30). The van der Waals surface area contributed by atoms with E-state index in [4.69, 9.17) is 55.9 Å². The second-order valence-electron chi connectivity index (χ2n) is 6.48. The number of hydrogen-bond acceptors (Lipinski definition) is 5. The lowest BCUT2D eigenvalue weighted by Gasteiger charge is -2.12. The van der Waals surface area contributed by atoms with E-state index >= 15 is 0 Å². The van der Waals surface area contributed by atoms with E-state index in [-0.39, 0.29) is 21.4 Å². The molecule has 10 heteroatoms. The Morgan fingerprint density at radius 1 is 0.909 bits per heavy atom. The molecule has 33 heavy (non-hydrogen) atoms. The van der Waals surface area contributed by atoms with Crippen LogP contribution in [0.5, 0.6) is 11.5 Å². The number of ether oxygens (including phenoxy) is 2. The van der Waals surface area contributed by atoms with Crippen molar-refractivity contribution in [3.8, 4) is 11.5 Å². The first-order valence-corrected chi connectivity index (χ1v) is 11.0. The lowest BCUT2D eigenvalue weighted by Crippen LogP contribution is -2.17. The third kappa shape index (κ3) is 6.62. The van der Waals surface area contributed by atoms with E-state index in [1.807, 2.05) is 0 Å². The highest BCUT2D eigenvalue weighted by Crippen LogP contribution is 2.30. The number of nitrogens with zero attached hydrogens (tertiary/aromatic N) is 1. The Labute approximate surface area is 210 Å². The third-order valence-corrected chi connectivity index (χ3v) is 5.47. The lowest BCUT2D eigenvalue weighted by molar-refractivity contribution is 0.0728. The van der Waals surface area contributed by atoms with Crippen LogP contribution >= 0.6 is 46.4 Å². The van der Waals surface area contributed by atoms with E-state index in [0.717, 1.165) is 0 Å². The first-order valence-electron chi connectivity index (χ1n) is 9.51. The summed E-state index contributed by atoms with van der Waals surface area (Å²) in [7, 11) is 0. The SMILES string of the molecule is CCOc1cc(C=NNC(=O)c2ccc(Cl)c(Cl)c2)ccc1OC(=O)c1ccc(Cl)cc1Cl. The van der Waals surface area contributed by atoms with Crippen molar-refractivity contribution in [1.29, 1.82) is 0 Å². The zero-order valence-corrected chi connectivity index (χ0v) is 20.1. The molecule has 0 aliphatic heterocycles. The largest absolute Gasteiger partial charge is 0.490 e. The van der Waals surface area contributed by atoms with Gasteiger partial charge in [0, 0.05) is 10.6 Å². The molecule has 0 atom stereocenters. The van der Waals surface area contributed by atoms with Crippen molar-refractivity contribution in [2.45, 2.75) is 6.92 Å². The van der Waals surface area contributed by atoms with Gasteiger partial charge in [0.1, 0.15) is 0 Å². The number of rotatable bonds is 7. The van der Waals surface area contributed by atoms with Gasteiger partial charge in [-0.3, -0.25) is 4.79 Å². The molecule has 170 valence electrons. The Bertz CT molecular complexity index is 1230. The van der Waals surface area contributed by atoms with Crippen molar-refractivity contribution in [3.63, 3.8) is 0 Å². The predicted molar refractivity (Wildman–Crippen MR) is 131 cm³/mol. The van der Waals surface area contributed by atoms with E-state index in [1.165, 1.54) is 36.5 Å². The summed E-state index contributed by atoms with van der Waals surface area (Å²) in [6, 6.07) is 13.8. The number of hydrogen-bond donors (Lipinski definition) is 1. The second kappa shape index (κ2) is 11.4. The number of hydrazone groups is 1. The minimum atomic E-state index is -0.659. The number of carbonyl (C=O) groups excluding carboxylic acids is 2. The summed E-state index contributed by atoms with van der Waals surface area (Å²) >= 11 is 23.7. The third-order valence-electron chi connectivity index (χ3n) is 4.18. The predicted octanol–water partition coefficient (Wildman–Crippen LogP) is 6.68. The van der Waals surface area contributed by atoms with Crippen molar-refractivity contribution in [2.75, 3.05) is 6.61 Å². The zero-order valence-electron chi connectivity index (χ0n) is 17.1. The van der Waals surface area contributed by atoms with Gasteiger partial charge in [-0.1, -0.05) is 46.4 Å². The van der Waals surface area contributed by atoms with Gasteiger partial charge in [0.15, 0.2) is 11.5 Å². The van der Waals surface area contributed by atoms with Crippen LogP contribution in [0, 0.1) is 0 Å². The van der Waals surface area contributed by atoms with Gasteiger partial charge in [0.25, 0.3) is 5.91 Å². The van der Waals surface area contributed by atoms with Crippen LogP contribution in [0.4, 0.5) is 0 Å². The van der Waals surface area contributed by atoms with Gasteiger partial charge in [-0.15, -0.1) is 0 Å². The molecule has 0 aromatic heterocycles. The maximum Gasteiger partial charge on any atom is 0.345 e. The quantitative estimate of drug-likeness (QED) is 0.161. The zero-order chi connectivity index (χ0) is 24.0. The molecule has 0 heterocycles. The molecule has 0 saturated carbocycles. The number of esters is 1. The van der Waals surface area contributed by atoms with Gasteiger partial charge in [0.2, 0.25) is 0 Å².